The summed E-state index contributed by atoms with van der Waals surface area (Å²) in [7, 11) is 0. The maximum absolute atomic E-state index is 2.78. The van der Waals surface area contributed by atoms with Crippen LogP contribution in [0.5, 0.6) is 0 Å². The lowest BCUT2D eigenvalue weighted by molar-refractivity contribution is 0.330. The van der Waals surface area contributed by atoms with E-state index in [0.717, 1.165) is 6.42 Å². The molecule has 3 heterocycles. The lowest BCUT2D eigenvalue weighted by atomic mass is 9.33. The van der Waals surface area contributed by atoms with Crippen LogP contribution in [-0.4, -0.2) is 12.3 Å². The van der Waals surface area contributed by atoms with Crippen LogP contribution in [0, 0.1) is 0 Å². The van der Waals surface area contributed by atoms with Crippen molar-refractivity contribution in [3.63, 3.8) is 0 Å². The highest BCUT2D eigenvalue weighted by Gasteiger charge is 2.59. The highest BCUT2D eigenvalue weighted by atomic mass is 15.3. The van der Waals surface area contributed by atoms with Gasteiger partial charge in [-0.2, -0.15) is 0 Å². The Morgan fingerprint density at radius 1 is 0.420 bits per heavy atom. The van der Waals surface area contributed by atoms with Gasteiger partial charge in [0.2, 0.25) is 0 Å². The molecule has 3 nitrogen and oxygen atoms in total. The summed E-state index contributed by atoms with van der Waals surface area (Å²) < 4.78 is 0. The molecule has 4 aliphatic rings. The molecule has 0 amide bonds. The van der Waals surface area contributed by atoms with Crippen LogP contribution in [0.2, 0.25) is 0 Å². The van der Waals surface area contributed by atoms with Crippen LogP contribution in [0.15, 0.2) is 146 Å². The minimum Gasteiger partial charge on any atom is -0.334 e. The fourth-order valence-electron chi connectivity index (χ4n) is 12.7. The van der Waals surface area contributed by atoms with Crippen LogP contribution < -0.4 is 31.1 Å². The predicted molar refractivity (Wildman–Crippen MR) is 299 cm³/mol. The van der Waals surface area contributed by atoms with Crippen molar-refractivity contribution in [2.24, 2.45) is 0 Å². The Morgan fingerprint density at radius 3 is 1.62 bits per heavy atom. The minimum atomic E-state index is -0.106. The van der Waals surface area contributed by atoms with E-state index in [9.17, 15) is 0 Å². The van der Waals surface area contributed by atoms with Crippen molar-refractivity contribution < 1.29 is 0 Å². The van der Waals surface area contributed by atoms with Gasteiger partial charge in [0.05, 0.1) is 11.2 Å². The maximum atomic E-state index is 2.78. The van der Waals surface area contributed by atoms with Gasteiger partial charge in [-0.05, 0) is 146 Å². The monoisotopic (exact) mass is 906 g/mol. The number of benzene rings is 7. The number of fused-ring (bicyclic) bond motifs is 7. The topological polar surface area (TPSA) is 9.72 Å². The van der Waals surface area contributed by atoms with Gasteiger partial charge < -0.3 is 14.7 Å². The van der Waals surface area contributed by atoms with Gasteiger partial charge in [-0.15, -0.1) is 0 Å². The normalized spacial score (nSPS) is 19.6. The van der Waals surface area contributed by atoms with Crippen molar-refractivity contribution in [1.29, 1.82) is 0 Å². The van der Waals surface area contributed by atoms with Crippen molar-refractivity contribution in [3.8, 4) is 11.1 Å². The van der Waals surface area contributed by atoms with E-state index in [1.165, 1.54) is 114 Å². The van der Waals surface area contributed by atoms with E-state index in [1.54, 1.807) is 0 Å². The fraction of sp³-hybridized carbons (Fsp3) is 0.354. The molecule has 2 atom stereocenters. The average molecular weight is 906 g/mol. The SMILES string of the molecule is CC(C)(C)c1ccc(N2c3ccc(C(C)(C)C)cc3B3c4ccc(C(C)(C)C)cc4N(c4ccc(C(C)(C)C)cc4-c4ccccc4)c4cc(N5c6ccccc6C6(C)CCCC56C)cc2c43)cc1. The summed E-state index contributed by atoms with van der Waals surface area (Å²) in [5, 5.41) is 0. The molecule has 1 aliphatic carbocycles. The Hall–Kier alpha value is -6.00. The van der Waals surface area contributed by atoms with Crippen LogP contribution in [-0.2, 0) is 27.1 Å². The Bertz CT molecular complexity index is 3170. The molecule has 0 radical (unpaired) electrons. The molecule has 69 heavy (non-hydrogen) atoms. The summed E-state index contributed by atoms with van der Waals surface area (Å²) >= 11 is 0. The van der Waals surface area contributed by atoms with Crippen molar-refractivity contribution in [2.75, 3.05) is 14.7 Å². The molecule has 1 saturated carbocycles. The van der Waals surface area contributed by atoms with Gasteiger partial charge in [-0.1, -0.05) is 187 Å². The lowest BCUT2D eigenvalue weighted by Crippen LogP contribution is -2.61. The predicted octanol–water partition coefficient (Wildman–Crippen LogP) is 16.0. The molecular weight excluding hydrogens is 834 g/mol. The molecule has 7 aromatic rings. The second-order valence-electron chi connectivity index (χ2n) is 25.5. The number of hydrogen-bond donors (Lipinski definition) is 0. The average Bonchev–Trinajstić information content (AvgIpc) is 3.71. The Labute approximate surface area is 414 Å². The van der Waals surface area contributed by atoms with Gasteiger partial charge in [0.25, 0.3) is 6.71 Å². The second-order valence-corrected chi connectivity index (χ2v) is 25.5. The summed E-state index contributed by atoms with van der Waals surface area (Å²) in [4.78, 5) is 8.09. The van der Waals surface area contributed by atoms with Crippen molar-refractivity contribution in [3.05, 3.63) is 173 Å². The largest absolute Gasteiger partial charge is 0.334 e. The highest BCUT2D eigenvalue weighted by Crippen LogP contribution is 2.63. The van der Waals surface area contributed by atoms with Gasteiger partial charge in [0.15, 0.2) is 0 Å². The van der Waals surface area contributed by atoms with E-state index in [2.05, 4.69) is 257 Å². The molecule has 1 fully saturated rings. The highest BCUT2D eigenvalue weighted by molar-refractivity contribution is 7.00. The number of hydrogen-bond acceptors (Lipinski definition) is 3. The Kier molecular flexibility index (Phi) is 10.0. The molecule has 11 rings (SSSR count). The third-order valence-electron chi connectivity index (χ3n) is 17.0. The smallest absolute Gasteiger partial charge is 0.252 e. The molecule has 7 aromatic carbocycles. The Balaban J connectivity index is 1.30. The molecule has 3 aliphatic heterocycles. The molecule has 0 N–H and O–H groups in total. The van der Waals surface area contributed by atoms with Crippen LogP contribution in [0.25, 0.3) is 11.1 Å². The third kappa shape index (κ3) is 6.97. The van der Waals surface area contributed by atoms with Crippen molar-refractivity contribution in [1.82, 2.24) is 0 Å². The van der Waals surface area contributed by atoms with Gasteiger partial charge >= 0.3 is 0 Å². The van der Waals surface area contributed by atoms with Gasteiger partial charge in [0.1, 0.15) is 0 Å². The van der Waals surface area contributed by atoms with Gasteiger partial charge in [-0.3, -0.25) is 0 Å². The molecule has 0 bridgehead atoms. The molecule has 0 saturated heterocycles. The zero-order valence-electron chi connectivity index (χ0n) is 43.9. The zero-order valence-corrected chi connectivity index (χ0v) is 43.9. The number of anilines is 8. The molecular formula is C65H72BN3. The summed E-state index contributed by atoms with van der Waals surface area (Å²) in [5.41, 5.74) is 23.2. The van der Waals surface area contributed by atoms with E-state index in [-0.39, 0.29) is 39.3 Å². The number of para-hydroxylation sites is 1. The third-order valence-corrected chi connectivity index (χ3v) is 17.0. The van der Waals surface area contributed by atoms with Crippen LogP contribution in [0.4, 0.5) is 45.5 Å². The van der Waals surface area contributed by atoms with Crippen LogP contribution >= 0.6 is 0 Å². The lowest BCUT2D eigenvalue weighted by Gasteiger charge is -2.47. The van der Waals surface area contributed by atoms with Crippen molar-refractivity contribution in [2.45, 2.75) is 149 Å². The first-order valence-corrected chi connectivity index (χ1v) is 25.8. The molecule has 350 valence electrons. The minimum absolute atomic E-state index is 0.000984. The maximum Gasteiger partial charge on any atom is 0.252 e. The van der Waals surface area contributed by atoms with E-state index in [1.807, 2.05) is 0 Å². The van der Waals surface area contributed by atoms with E-state index in [0.29, 0.717) is 0 Å². The van der Waals surface area contributed by atoms with E-state index in [4.69, 9.17) is 0 Å². The summed E-state index contributed by atoms with van der Waals surface area (Å²) in [6, 6.07) is 57.3. The van der Waals surface area contributed by atoms with Gasteiger partial charge in [-0.25, -0.2) is 0 Å². The first-order valence-electron chi connectivity index (χ1n) is 25.8. The molecule has 4 heteroatoms. The molecule has 0 aromatic heterocycles. The molecule has 0 spiro atoms. The Morgan fingerprint density at radius 2 is 0.971 bits per heavy atom. The number of nitrogens with zero attached hydrogens (tertiary/aromatic N) is 3. The van der Waals surface area contributed by atoms with Crippen LogP contribution in [0.3, 0.4) is 0 Å². The summed E-state index contributed by atoms with van der Waals surface area (Å²) in [5.74, 6) is 0. The second kappa shape index (κ2) is 15.3. The summed E-state index contributed by atoms with van der Waals surface area (Å²) in [6.07, 6.45) is 3.53. The molecule has 2 unspecified atom stereocenters. The zero-order chi connectivity index (χ0) is 48.8. The summed E-state index contributed by atoms with van der Waals surface area (Å²) in [6.45, 7) is 33.2. The fourth-order valence-corrected chi connectivity index (χ4v) is 12.7. The van der Waals surface area contributed by atoms with E-state index < -0.39 is 0 Å². The standard InChI is InChI=1S/C65H72BN3/c1-60(2,3)43-25-30-47(31-26-43)67-55-34-29-45(62(7,8)9)38-52(55)66-51-32-27-46(63(10,11)12)39-56(51)68(53-33-28-44(61(4,5)6)37-49(53)42-21-16-15-17-22-42)58-41-48(40-57(67)59(58)66)69-54-24-19-18-23-50(54)64(13)35-20-36-65(64,69)14/h15-19,21-34,37-41H,20,35-36H2,1-14H3. The first kappa shape index (κ1) is 45.4. The first-order chi connectivity index (χ1) is 32.5. The number of rotatable bonds is 4. The van der Waals surface area contributed by atoms with E-state index >= 15 is 0 Å². The van der Waals surface area contributed by atoms with Crippen molar-refractivity contribution >= 4 is 68.6 Å². The van der Waals surface area contributed by atoms with Crippen LogP contribution in [0.1, 0.15) is 144 Å². The quantitative estimate of drug-likeness (QED) is 0.163. The van der Waals surface area contributed by atoms with Gasteiger partial charge in [0, 0.05) is 50.8 Å².